The first-order valence-corrected chi connectivity index (χ1v) is 10.5. The summed E-state index contributed by atoms with van der Waals surface area (Å²) in [5.74, 6) is 0.921. The molecule has 5 atom stereocenters. The fraction of sp³-hybridized carbons (Fsp3) is 0.375. The highest BCUT2D eigenvalue weighted by atomic mass is 16.5. The lowest BCUT2D eigenvalue weighted by molar-refractivity contribution is -0.231. The van der Waals surface area contributed by atoms with Gasteiger partial charge in [0, 0.05) is 5.56 Å². The zero-order valence-electron chi connectivity index (χ0n) is 18.8. The number of ether oxygens (including phenoxy) is 4. The van der Waals surface area contributed by atoms with Crippen LogP contribution in [0.4, 0.5) is 0 Å². The van der Waals surface area contributed by atoms with Gasteiger partial charge < -0.3 is 43.8 Å². The Kier molecular flexibility index (Phi) is 6.78. The molecule has 0 spiro atoms. The molecule has 0 bridgehead atoms. The van der Waals surface area contributed by atoms with Gasteiger partial charge in [-0.15, -0.1) is 0 Å². The average Bonchev–Trinajstić information content (AvgIpc) is 2.87. The van der Waals surface area contributed by atoms with Gasteiger partial charge >= 0.3 is 0 Å². The van der Waals surface area contributed by atoms with E-state index in [1.807, 2.05) is 0 Å². The van der Waals surface area contributed by atoms with E-state index in [0.717, 1.165) is 0 Å². The molecule has 10 nitrogen and oxygen atoms in total. The van der Waals surface area contributed by atoms with Crippen molar-refractivity contribution in [3.8, 4) is 28.6 Å². The number of aliphatic hydroxyl groups is 4. The Morgan fingerprint density at radius 2 is 1.59 bits per heavy atom. The normalized spacial score (nSPS) is 24.7. The standard InChI is InChI=1S/C24H26O10/c1-30-12-6-4-11(5-7-12)21-24(32-3)17(26)13-8-9-14(31-2)16(22(13)34-21)23-20(29)19(28)18(27)15(10-25)33-23/h4-9,15,18-20,23,25,27-29H,10H2,1-3H3/t15-,18-,19+,20-,23+/m1/s1. The Labute approximate surface area is 194 Å². The Hall–Kier alpha value is -3.15. The molecule has 3 aromatic rings. The molecule has 0 radical (unpaired) electrons. The number of hydrogen-bond donors (Lipinski definition) is 4. The lowest BCUT2D eigenvalue weighted by Crippen LogP contribution is -2.55. The average molecular weight is 474 g/mol. The number of rotatable bonds is 6. The van der Waals surface area contributed by atoms with Crippen LogP contribution in [0.15, 0.2) is 45.6 Å². The van der Waals surface area contributed by atoms with Gasteiger partial charge in [-0.2, -0.15) is 0 Å². The minimum Gasteiger partial charge on any atom is -0.497 e. The van der Waals surface area contributed by atoms with E-state index in [1.165, 1.54) is 33.5 Å². The first-order chi connectivity index (χ1) is 16.4. The van der Waals surface area contributed by atoms with Gasteiger partial charge in [0.1, 0.15) is 47.6 Å². The Morgan fingerprint density at radius 3 is 2.18 bits per heavy atom. The van der Waals surface area contributed by atoms with E-state index >= 15 is 0 Å². The van der Waals surface area contributed by atoms with Crippen molar-refractivity contribution in [2.45, 2.75) is 30.5 Å². The maximum Gasteiger partial charge on any atom is 0.235 e. The predicted octanol–water partition coefficient (Wildman–Crippen LogP) is 1.00. The Bertz CT molecular complexity index is 1220. The van der Waals surface area contributed by atoms with E-state index < -0.39 is 42.6 Å². The van der Waals surface area contributed by atoms with Crippen LogP contribution in [0.1, 0.15) is 11.7 Å². The molecular formula is C24H26O10. The van der Waals surface area contributed by atoms with Gasteiger partial charge in [0.25, 0.3) is 0 Å². The molecular weight excluding hydrogens is 448 g/mol. The van der Waals surface area contributed by atoms with Crippen LogP contribution >= 0.6 is 0 Å². The molecule has 1 fully saturated rings. The van der Waals surface area contributed by atoms with Crippen molar-refractivity contribution >= 4 is 11.0 Å². The van der Waals surface area contributed by atoms with Crippen LogP contribution in [0.5, 0.6) is 17.2 Å². The summed E-state index contributed by atoms with van der Waals surface area (Å²) in [5.41, 5.74) is 0.244. The molecule has 34 heavy (non-hydrogen) atoms. The van der Waals surface area contributed by atoms with Crippen molar-refractivity contribution in [1.82, 2.24) is 0 Å². The molecule has 1 aliphatic rings. The second-order valence-corrected chi connectivity index (χ2v) is 7.83. The van der Waals surface area contributed by atoms with Crippen LogP contribution in [0.25, 0.3) is 22.3 Å². The van der Waals surface area contributed by atoms with Crippen molar-refractivity contribution in [1.29, 1.82) is 0 Å². The molecule has 2 aromatic carbocycles. The van der Waals surface area contributed by atoms with E-state index in [9.17, 15) is 25.2 Å². The molecule has 10 heteroatoms. The highest BCUT2D eigenvalue weighted by molar-refractivity contribution is 5.86. The van der Waals surface area contributed by atoms with E-state index in [-0.39, 0.29) is 33.8 Å². The van der Waals surface area contributed by atoms with Gasteiger partial charge in [-0.25, -0.2) is 0 Å². The number of methoxy groups -OCH3 is 3. The lowest BCUT2D eigenvalue weighted by Gasteiger charge is -2.40. The van der Waals surface area contributed by atoms with Crippen LogP contribution in [0.3, 0.4) is 0 Å². The van der Waals surface area contributed by atoms with Crippen LogP contribution in [-0.4, -0.2) is 72.8 Å². The molecule has 1 aromatic heterocycles. The molecule has 2 heterocycles. The molecule has 0 saturated carbocycles. The smallest absolute Gasteiger partial charge is 0.235 e. The van der Waals surface area contributed by atoms with Crippen molar-refractivity contribution in [3.63, 3.8) is 0 Å². The summed E-state index contributed by atoms with van der Waals surface area (Å²) in [5, 5.41) is 41.0. The molecule has 0 aliphatic carbocycles. The van der Waals surface area contributed by atoms with Crippen molar-refractivity contribution in [3.05, 3.63) is 52.2 Å². The van der Waals surface area contributed by atoms with Gasteiger partial charge in [0.05, 0.1) is 38.9 Å². The third-order valence-electron chi connectivity index (χ3n) is 5.97. The van der Waals surface area contributed by atoms with Crippen LogP contribution in [0.2, 0.25) is 0 Å². The number of hydrogen-bond acceptors (Lipinski definition) is 10. The largest absolute Gasteiger partial charge is 0.497 e. The summed E-state index contributed by atoms with van der Waals surface area (Å²) in [6.45, 7) is -0.608. The molecule has 4 rings (SSSR count). The summed E-state index contributed by atoms with van der Waals surface area (Å²) in [7, 11) is 4.28. The number of aliphatic hydroxyl groups excluding tert-OH is 4. The van der Waals surface area contributed by atoms with Crippen LogP contribution < -0.4 is 19.6 Å². The monoisotopic (exact) mass is 474 g/mol. The third-order valence-corrected chi connectivity index (χ3v) is 5.97. The summed E-state index contributed by atoms with van der Waals surface area (Å²) in [6, 6.07) is 9.78. The maximum atomic E-state index is 13.3. The maximum absolute atomic E-state index is 13.3. The molecule has 0 amide bonds. The lowest BCUT2D eigenvalue weighted by atomic mass is 9.90. The van der Waals surface area contributed by atoms with Gasteiger partial charge in [0.15, 0.2) is 5.76 Å². The van der Waals surface area contributed by atoms with E-state index in [4.69, 9.17) is 23.4 Å². The Balaban J connectivity index is 1.99. The summed E-state index contributed by atoms with van der Waals surface area (Å²) >= 11 is 0. The second kappa shape index (κ2) is 9.61. The van der Waals surface area contributed by atoms with Crippen LogP contribution in [0, 0.1) is 0 Å². The summed E-state index contributed by atoms with van der Waals surface area (Å²) in [4.78, 5) is 13.3. The van der Waals surface area contributed by atoms with Crippen molar-refractivity contribution in [2.24, 2.45) is 0 Å². The fourth-order valence-electron chi connectivity index (χ4n) is 4.15. The quantitative estimate of drug-likeness (QED) is 0.408. The molecule has 4 N–H and O–H groups in total. The van der Waals surface area contributed by atoms with Gasteiger partial charge in [-0.1, -0.05) is 0 Å². The van der Waals surface area contributed by atoms with Gasteiger partial charge in [-0.3, -0.25) is 4.79 Å². The number of benzene rings is 2. The van der Waals surface area contributed by atoms with Gasteiger partial charge in [0.2, 0.25) is 11.2 Å². The highest BCUT2D eigenvalue weighted by Crippen LogP contribution is 2.42. The van der Waals surface area contributed by atoms with E-state index in [1.54, 1.807) is 24.3 Å². The number of fused-ring (bicyclic) bond motifs is 1. The predicted molar refractivity (Wildman–Crippen MR) is 120 cm³/mol. The minimum absolute atomic E-state index is 0.0254. The minimum atomic E-state index is -1.62. The van der Waals surface area contributed by atoms with Gasteiger partial charge in [-0.05, 0) is 36.4 Å². The zero-order valence-corrected chi connectivity index (χ0v) is 18.8. The SMILES string of the molecule is COc1ccc(-c2oc3c([C@@H]4O[C@H](CO)[C@@H](O)[C@H](O)[C@H]4O)c(OC)ccc3c(=O)c2OC)cc1. The highest BCUT2D eigenvalue weighted by Gasteiger charge is 2.46. The van der Waals surface area contributed by atoms with Crippen LogP contribution in [-0.2, 0) is 4.74 Å². The molecule has 182 valence electrons. The first-order valence-electron chi connectivity index (χ1n) is 10.5. The summed E-state index contributed by atoms with van der Waals surface area (Å²) < 4.78 is 27.9. The fourth-order valence-corrected chi connectivity index (χ4v) is 4.15. The molecule has 1 aliphatic heterocycles. The van der Waals surface area contributed by atoms with Crippen molar-refractivity contribution < 1.29 is 43.8 Å². The Morgan fingerprint density at radius 1 is 0.882 bits per heavy atom. The first kappa shape index (κ1) is 24.0. The zero-order chi connectivity index (χ0) is 24.6. The third kappa shape index (κ3) is 3.89. The van der Waals surface area contributed by atoms with E-state index in [0.29, 0.717) is 11.3 Å². The van der Waals surface area contributed by atoms with E-state index in [2.05, 4.69) is 0 Å². The van der Waals surface area contributed by atoms with Crippen molar-refractivity contribution in [2.75, 3.05) is 27.9 Å². The summed E-state index contributed by atoms with van der Waals surface area (Å²) in [6.07, 6.45) is -7.21. The molecule has 0 unspecified atom stereocenters. The molecule has 1 saturated heterocycles. The topological polar surface area (TPSA) is 148 Å². The second-order valence-electron chi connectivity index (χ2n) is 7.83.